The molecule has 1 aromatic heterocycles. The summed E-state index contributed by atoms with van der Waals surface area (Å²) in [6.07, 6.45) is 7.94. The summed E-state index contributed by atoms with van der Waals surface area (Å²) < 4.78 is 0. The second-order valence-corrected chi connectivity index (χ2v) is 5.08. The van der Waals surface area contributed by atoms with Gasteiger partial charge in [0.1, 0.15) is 0 Å². The van der Waals surface area contributed by atoms with Crippen LogP contribution in [0.1, 0.15) is 48.7 Å². The molecule has 0 spiro atoms. The molecule has 1 aromatic rings. The zero-order valence-corrected chi connectivity index (χ0v) is 10.3. The van der Waals surface area contributed by atoms with Crippen molar-refractivity contribution < 1.29 is 4.79 Å². The highest BCUT2D eigenvalue weighted by Gasteiger charge is 2.24. The van der Waals surface area contributed by atoms with Crippen molar-refractivity contribution in [2.75, 3.05) is 5.32 Å². The lowest BCUT2D eigenvalue weighted by molar-refractivity contribution is -0.114. The fraction of sp³-hybridized carbons (Fsp3) is 0.571. The normalized spacial score (nSPS) is 17.5. The Balaban J connectivity index is 2.14. The number of amides is 1. The van der Waals surface area contributed by atoms with Crippen molar-refractivity contribution in [3.05, 3.63) is 22.5 Å². The number of aromatic nitrogens is 1. The molecule has 90 valence electrons. The van der Waals surface area contributed by atoms with Crippen molar-refractivity contribution in [3.63, 3.8) is 0 Å². The number of anilines is 1. The van der Waals surface area contributed by atoms with Crippen LogP contribution < -0.4 is 5.32 Å². The van der Waals surface area contributed by atoms with Crippen LogP contribution in [0.15, 0.2) is 0 Å². The van der Waals surface area contributed by atoms with E-state index in [0.29, 0.717) is 0 Å². The molecule has 2 aliphatic rings. The fourth-order valence-electron chi connectivity index (χ4n) is 3.07. The number of nitrogens with zero attached hydrogens (tertiary/aromatic N) is 1. The van der Waals surface area contributed by atoms with E-state index < -0.39 is 0 Å². The number of hydrogen-bond acceptors (Lipinski definition) is 2. The SMILES string of the molecule is CC(=O)Nc1c2c(nc3c1CCC3)CCCC2. The molecule has 1 amide bonds. The third-order valence-electron chi connectivity index (χ3n) is 3.80. The fourth-order valence-corrected chi connectivity index (χ4v) is 3.07. The summed E-state index contributed by atoms with van der Waals surface area (Å²) in [5, 5.41) is 3.05. The second kappa shape index (κ2) is 4.13. The number of nitrogens with one attached hydrogen (secondary N) is 1. The van der Waals surface area contributed by atoms with E-state index in [1.165, 1.54) is 41.8 Å². The molecule has 0 fully saturated rings. The van der Waals surface area contributed by atoms with Crippen LogP contribution in [0.2, 0.25) is 0 Å². The molecule has 0 radical (unpaired) electrons. The van der Waals surface area contributed by atoms with Gasteiger partial charge in [0.25, 0.3) is 0 Å². The second-order valence-electron chi connectivity index (χ2n) is 5.08. The molecular weight excluding hydrogens is 212 g/mol. The number of rotatable bonds is 1. The minimum Gasteiger partial charge on any atom is -0.326 e. The molecule has 0 atom stereocenters. The van der Waals surface area contributed by atoms with Gasteiger partial charge in [-0.3, -0.25) is 9.78 Å². The summed E-state index contributed by atoms with van der Waals surface area (Å²) in [6, 6.07) is 0. The van der Waals surface area contributed by atoms with Gasteiger partial charge in [-0.2, -0.15) is 0 Å². The molecule has 0 saturated carbocycles. The van der Waals surface area contributed by atoms with Gasteiger partial charge >= 0.3 is 0 Å². The van der Waals surface area contributed by atoms with E-state index >= 15 is 0 Å². The molecule has 0 aliphatic heterocycles. The Bertz CT molecular complexity index is 480. The summed E-state index contributed by atoms with van der Waals surface area (Å²) in [7, 11) is 0. The minimum absolute atomic E-state index is 0.0399. The van der Waals surface area contributed by atoms with E-state index in [0.717, 1.165) is 31.4 Å². The van der Waals surface area contributed by atoms with Crippen LogP contribution in [0.5, 0.6) is 0 Å². The first-order valence-electron chi connectivity index (χ1n) is 6.57. The van der Waals surface area contributed by atoms with E-state index in [4.69, 9.17) is 4.98 Å². The Morgan fingerprint density at radius 3 is 2.29 bits per heavy atom. The monoisotopic (exact) mass is 230 g/mol. The molecule has 3 heteroatoms. The van der Waals surface area contributed by atoms with Gasteiger partial charge in [-0.25, -0.2) is 0 Å². The smallest absolute Gasteiger partial charge is 0.221 e. The number of carbonyl (C=O) groups is 1. The number of fused-ring (bicyclic) bond motifs is 2. The zero-order chi connectivity index (χ0) is 11.8. The molecule has 1 N–H and O–H groups in total. The van der Waals surface area contributed by atoms with Gasteiger partial charge in [0.05, 0.1) is 5.69 Å². The van der Waals surface area contributed by atoms with Crippen LogP contribution in [-0.4, -0.2) is 10.9 Å². The predicted octanol–water partition coefficient (Wildman–Crippen LogP) is 2.41. The van der Waals surface area contributed by atoms with Crippen LogP contribution >= 0.6 is 0 Å². The molecule has 0 aromatic carbocycles. The van der Waals surface area contributed by atoms with E-state index in [2.05, 4.69) is 5.32 Å². The van der Waals surface area contributed by atoms with E-state index in [-0.39, 0.29) is 5.91 Å². The molecule has 3 rings (SSSR count). The summed E-state index contributed by atoms with van der Waals surface area (Å²) in [6.45, 7) is 1.59. The zero-order valence-electron chi connectivity index (χ0n) is 10.3. The maximum atomic E-state index is 11.4. The first-order valence-corrected chi connectivity index (χ1v) is 6.57. The predicted molar refractivity (Wildman–Crippen MR) is 67.2 cm³/mol. The quantitative estimate of drug-likeness (QED) is 0.805. The summed E-state index contributed by atoms with van der Waals surface area (Å²) in [4.78, 5) is 16.2. The maximum Gasteiger partial charge on any atom is 0.221 e. The van der Waals surface area contributed by atoms with Gasteiger partial charge < -0.3 is 5.32 Å². The average molecular weight is 230 g/mol. The first kappa shape index (κ1) is 10.8. The molecule has 0 unspecified atom stereocenters. The third-order valence-corrected chi connectivity index (χ3v) is 3.80. The van der Waals surface area contributed by atoms with Crippen LogP contribution in [-0.2, 0) is 30.5 Å². The Kier molecular flexibility index (Phi) is 2.61. The Morgan fingerprint density at radius 2 is 1.59 bits per heavy atom. The van der Waals surface area contributed by atoms with Gasteiger partial charge in [0.15, 0.2) is 0 Å². The standard InChI is InChI=1S/C14H18N2O/c1-9(17)15-14-10-5-2-3-7-12(10)16-13-8-4-6-11(13)14/h2-8H2,1H3,(H,15,16,17). The van der Waals surface area contributed by atoms with Gasteiger partial charge in [-0.1, -0.05) is 0 Å². The largest absolute Gasteiger partial charge is 0.326 e. The molecule has 2 aliphatic carbocycles. The average Bonchev–Trinajstić information content (AvgIpc) is 2.76. The Hall–Kier alpha value is -1.38. The lowest BCUT2D eigenvalue weighted by atomic mass is 9.92. The number of pyridine rings is 1. The molecule has 1 heterocycles. The first-order chi connectivity index (χ1) is 8.25. The van der Waals surface area contributed by atoms with E-state index in [1.807, 2.05) is 0 Å². The van der Waals surface area contributed by atoms with Crippen LogP contribution in [0.25, 0.3) is 0 Å². The highest BCUT2D eigenvalue weighted by Crippen LogP contribution is 2.35. The number of aryl methyl sites for hydroxylation is 2. The molecular formula is C14H18N2O. The number of carbonyl (C=O) groups excluding carboxylic acids is 1. The van der Waals surface area contributed by atoms with Crippen molar-refractivity contribution in [1.29, 1.82) is 0 Å². The van der Waals surface area contributed by atoms with Crippen LogP contribution in [0.4, 0.5) is 5.69 Å². The van der Waals surface area contributed by atoms with E-state index in [9.17, 15) is 4.79 Å². The molecule has 0 bridgehead atoms. The van der Waals surface area contributed by atoms with Crippen molar-refractivity contribution in [3.8, 4) is 0 Å². The van der Waals surface area contributed by atoms with Gasteiger partial charge in [-0.05, 0) is 56.1 Å². The number of hydrogen-bond donors (Lipinski definition) is 1. The highest BCUT2D eigenvalue weighted by molar-refractivity contribution is 5.91. The molecule has 3 nitrogen and oxygen atoms in total. The van der Waals surface area contributed by atoms with Gasteiger partial charge in [0.2, 0.25) is 5.91 Å². The minimum atomic E-state index is 0.0399. The lowest BCUT2D eigenvalue weighted by Crippen LogP contribution is -2.16. The van der Waals surface area contributed by atoms with Crippen LogP contribution in [0.3, 0.4) is 0 Å². The summed E-state index contributed by atoms with van der Waals surface area (Å²) >= 11 is 0. The van der Waals surface area contributed by atoms with Crippen molar-refractivity contribution in [2.24, 2.45) is 0 Å². The van der Waals surface area contributed by atoms with Crippen molar-refractivity contribution in [2.45, 2.75) is 51.9 Å². The third kappa shape index (κ3) is 1.84. The van der Waals surface area contributed by atoms with Gasteiger partial charge in [0, 0.05) is 18.3 Å². The van der Waals surface area contributed by atoms with Gasteiger partial charge in [-0.15, -0.1) is 0 Å². The van der Waals surface area contributed by atoms with Crippen LogP contribution in [0, 0.1) is 0 Å². The van der Waals surface area contributed by atoms with Crippen molar-refractivity contribution in [1.82, 2.24) is 4.98 Å². The molecule has 0 saturated heterocycles. The summed E-state index contributed by atoms with van der Waals surface area (Å²) in [5.74, 6) is 0.0399. The Labute approximate surface area is 102 Å². The van der Waals surface area contributed by atoms with Crippen molar-refractivity contribution >= 4 is 11.6 Å². The van der Waals surface area contributed by atoms with E-state index in [1.54, 1.807) is 6.92 Å². The Morgan fingerprint density at radius 1 is 1.00 bits per heavy atom. The summed E-state index contributed by atoms with van der Waals surface area (Å²) in [5.41, 5.74) is 6.19. The lowest BCUT2D eigenvalue weighted by Gasteiger charge is -2.21. The highest BCUT2D eigenvalue weighted by atomic mass is 16.1. The maximum absolute atomic E-state index is 11.4. The topological polar surface area (TPSA) is 42.0 Å². The molecule has 17 heavy (non-hydrogen) atoms.